The molecule has 0 spiro atoms. The Kier molecular flexibility index (Phi) is 7.57. The molecule has 0 atom stereocenters. The van der Waals surface area contributed by atoms with E-state index < -0.39 is 0 Å². The maximum Gasteiger partial charge on any atom is 0.232 e. The van der Waals surface area contributed by atoms with Crippen LogP contribution in [0.25, 0.3) is 11.3 Å². The summed E-state index contributed by atoms with van der Waals surface area (Å²) in [4.78, 5) is 6.68. The molecular weight excluding hydrogens is 437 g/mol. The summed E-state index contributed by atoms with van der Waals surface area (Å²) in [5, 5.41) is 8.40. The first kappa shape index (κ1) is 23.2. The molecule has 2 heterocycles. The van der Waals surface area contributed by atoms with Crippen molar-refractivity contribution >= 4 is 23.2 Å². The summed E-state index contributed by atoms with van der Waals surface area (Å²) in [6.07, 6.45) is 0. The van der Waals surface area contributed by atoms with E-state index in [4.69, 9.17) is 16.7 Å². The summed E-state index contributed by atoms with van der Waals surface area (Å²) in [6.45, 7) is 7.58. The van der Waals surface area contributed by atoms with E-state index in [0.29, 0.717) is 18.2 Å². The third-order valence-corrected chi connectivity index (χ3v) is 6.26. The quantitative estimate of drug-likeness (QED) is 0.525. The minimum atomic E-state index is -0.276. The SMILES string of the molecule is CCNC(=S)N(Cc1ccccc1)Cc1c(-c2ccc(F)cc2)noc1N1CCN(C)CC1. The minimum absolute atomic E-state index is 0.276. The number of nitrogens with zero attached hydrogens (tertiary/aromatic N) is 4. The molecule has 2 aromatic carbocycles. The number of benzene rings is 2. The zero-order chi connectivity index (χ0) is 23.2. The van der Waals surface area contributed by atoms with E-state index in [1.807, 2.05) is 25.1 Å². The van der Waals surface area contributed by atoms with Crippen molar-refractivity contribution in [1.82, 2.24) is 20.3 Å². The lowest BCUT2D eigenvalue weighted by molar-refractivity contribution is 0.299. The van der Waals surface area contributed by atoms with Crippen molar-refractivity contribution in [3.05, 3.63) is 71.5 Å². The number of hydrogen-bond donors (Lipinski definition) is 1. The van der Waals surface area contributed by atoms with Crippen LogP contribution in [0.4, 0.5) is 10.3 Å². The fourth-order valence-corrected chi connectivity index (χ4v) is 4.27. The van der Waals surface area contributed by atoms with Gasteiger partial charge < -0.3 is 24.5 Å². The lowest BCUT2D eigenvalue weighted by atomic mass is 10.1. The van der Waals surface area contributed by atoms with Gasteiger partial charge >= 0.3 is 0 Å². The van der Waals surface area contributed by atoms with Crippen molar-refractivity contribution in [2.24, 2.45) is 0 Å². The molecule has 1 aliphatic heterocycles. The highest BCUT2D eigenvalue weighted by Crippen LogP contribution is 2.33. The fraction of sp³-hybridized carbons (Fsp3) is 0.360. The van der Waals surface area contributed by atoms with Gasteiger partial charge in [0.25, 0.3) is 0 Å². The highest BCUT2D eigenvalue weighted by atomic mass is 32.1. The number of thiocarbonyl (C=S) groups is 1. The topological polar surface area (TPSA) is 47.8 Å². The minimum Gasteiger partial charge on any atom is -0.363 e. The van der Waals surface area contributed by atoms with Crippen molar-refractivity contribution in [3.8, 4) is 11.3 Å². The fourth-order valence-electron chi connectivity index (χ4n) is 3.99. The number of rotatable bonds is 7. The van der Waals surface area contributed by atoms with E-state index in [9.17, 15) is 4.39 Å². The van der Waals surface area contributed by atoms with Gasteiger partial charge in [0.05, 0.1) is 12.1 Å². The maximum absolute atomic E-state index is 13.6. The maximum atomic E-state index is 13.6. The Morgan fingerprint density at radius 1 is 1.06 bits per heavy atom. The van der Waals surface area contributed by atoms with Gasteiger partial charge in [-0.2, -0.15) is 0 Å². The molecule has 1 N–H and O–H groups in total. The van der Waals surface area contributed by atoms with Crippen molar-refractivity contribution in [2.75, 3.05) is 44.7 Å². The molecule has 0 aliphatic carbocycles. The summed E-state index contributed by atoms with van der Waals surface area (Å²) in [5.74, 6) is 0.488. The molecule has 0 saturated carbocycles. The number of likely N-dealkylation sites (N-methyl/N-ethyl adjacent to an activating group) is 1. The van der Waals surface area contributed by atoms with Crippen molar-refractivity contribution in [2.45, 2.75) is 20.0 Å². The molecule has 8 heteroatoms. The first-order valence-corrected chi connectivity index (χ1v) is 11.7. The molecule has 3 aromatic rings. The molecule has 0 unspecified atom stereocenters. The van der Waals surface area contributed by atoms with Gasteiger partial charge in [0.1, 0.15) is 11.5 Å². The second kappa shape index (κ2) is 10.8. The first-order valence-electron chi connectivity index (χ1n) is 11.3. The van der Waals surface area contributed by atoms with Crippen LogP contribution in [0.1, 0.15) is 18.1 Å². The van der Waals surface area contributed by atoms with Gasteiger partial charge in [0.2, 0.25) is 5.88 Å². The van der Waals surface area contributed by atoms with E-state index in [1.54, 1.807) is 12.1 Å². The number of nitrogens with one attached hydrogen (secondary N) is 1. The van der Waals surface area contributed by atoms with Gasteiger partial charge in [-0.1, -0.05) is 35.5 Å². The predicted octanol–water partition coefficient (Wildman–Crippen LogP) is 4.13. The predicted molar refractivity (Wildman–Crippen MR) is 134 cm³/mol. The summed E-state index contributed by atoms with van der Waals surface area (Å²) in [6, 6.07) is 16.7. The number of aromatic nitrogens is 1. The molecule has 174 valence electrons. The van der Waals surface area contributed by atoms with Crippen LogP contribution in [-0.4, -0.2) is 59.8 Å². The zero-order valence-electron chi connectivity index (χ0n) is 19.1. The third kappa shape index (κ3) is 5.69. The van der Waals surface area contributed by atoms with E-state index in [2.05, 4.69) is 44.4 Å². The van der Waals surface area contributed by atoms with Gasteiger partial charge in [-0.3, -0.25) is 0 Å². The molecule has 1 saturated heterocycles. The standard InChI is InChI=1S/C25H30FN5OS/c1-3-27-25(33)31(17-19-7-5-4-6-8-19)18-22-23(20-9-11-21(26)12-10-20)28-32-24(22)30-15-13-29(2)14-16-30/h4-12H,3,13-18H2,1-2H3,(H,27,33). The Morgan fingerprint density at radius 3 is 2.42 bits per heavy atom. The number of piperazine rings is 1. The molecule has 1 fully saturated rings. The zero-order valence-corrected chi connectivity index (χ0v) is 19.9. The van der Waals surface area contributed by atoms with Crippen LogP contribution in [-0.2, 0) is 13.1 Å². The van der Waals surface area contributed by atoms with E-state index in [-0.39, 0.29) is 5.82 Å². The van der Waals surface area contributed by atoms with Gasteiger partial charge in [0, 0.05) is 44.8 Å². The van der Waals surface area contributed by atoms with Crippen LogP contribution in [0.3, 0.4) is 0 Å². The lowest BCUT2D eigenvalue weighted by Gasteiger charge is -2.33. The molecule has 1 aromatic heterocycles. The molecule has 0 bridgehead atoms. The molecule has 0 amide bonds. The second-order valence-corrected chi connectivity index (χ2v) is 8.68. The van der Waals surface area contributed by atoms with Crippen molar-refractivity contribution in [3.63, 3.8) is 0 Å². The Balaban J connectivity index is 1.70. The third-order valence-electron chi connectivity index (χ3n) is 5.86. The molecule has 4 rings (SSSR count). The smallest absolute Gasteiger partial charge is 0.232 e. The molecule has 1 aliphatic rings. The molecule has 6 nitrogen and oxygen atoms in total. The molecule has 33 heavy (non-hydrogen) atoms. The average molecular weight is 468 g/mol. The Hall–Kier alpha value is -2.97. The molecule has 0 radical (unpaired) electrons. The summed E-state index contributed by atoms with van der Waals surface area (Å²) < 4.78 is 19.5. The highest BCUT2D eigenvalue weighted by Gasteiger charge is 2.27. The van der Waals surface area contributed by atoms with Crippen LogP contribution in [0.15, 0.2) is 59.1 Å². The number of halogens is 1. The Bertz CT molecular complexity index is 1050. The summed E-state index contributed by atoms with van der Waals surface area (Å²) in [5.41, 5.74) is 3.67. The summed E-state index contributed by atoms with van der Waals surface area (Å²) >= 11 is 5.73. The largest absolute Gasteiger partial charge is 0.363 e. The van der Waals surface area contributed by atoms with Gasteiger partial charge in [-0.15, -0.1) is 0 Å². The van der Waals surface area contributed by atoms with E-state index in [0.717, 1.165) is 55.4 Å². The number of hydrogen-bond acceptors (Lipinski definition) is 5. The molecular formula is C25H30FN5OS. The second-order valence-electron chi connectivity index (χ2n) is 8.29. The van der Waals surface area contributed by atoms with Gasteiger partial charge in [-0.05, 0) is 56.0 Å². The average Bonchev–Trinajstić information content (AvgIpc) is 3.24. The highest BCUT2D eigenvalue weighted by molar-refractivity contribution is 7.80. The van der Waals surface area contributed by atoms with Crippen LogP contribution in [0, 0.1) is 5.82 Å². The van der Waals surface area contributed by atoms with E-state index in [1.165, 1.54) is 17.7 Å². The van der Waals surface area contributed by atoms with Crippen molar-refractivity contribution in [1.29, 1.82) is 0 Å². The van der Waals surface area contributed by atoms with Crippen LogP contribution < -0.4 is 10.2 Å². The van der Waals surface area contributed by atoms with Gasteiger partial charge in [-0.25, -0.2) is 4.39 Å². The summed E-state index contributed by atoms with van der Waals surface area (Å²) in [7, 11) is 2.12. The Labute approximate surface area is 200 Å². The number of anilines is 1. The van der Waals surface area contributed by atoms with Gasteiger partial charge in [0.15, 0.2) is 5.11 Å². The van der Waals surface area contributed by atoms with Crippen LogP contribution >= 0.6 is 12.2 Å². The first-order chi connectivity index (χ1) is 16.0. The van der Waals surface area contributed by atoms with Crippen LogP contribution in [0.5, 0.6) is 0 Å². The van der Waals surface area contributed by atoms with Crippen molar-refractivity contribution < 1.29 is 8.91 Å². The van der Waals surface area contributed by atoms with Crippen LogP contribution in [0.2, 0.25) is 0 Å². The lowest BCUT2D eigenvalue weighted by Crippen LogP contribution is -2.45. The monoisotopic (exact) mass is 467 g/mol. The Morgan fingerprint density at radius 2 is 1.76 bits per heavy atom. The normalized spacial score (nSPS) is 14.3. The van der Waals surface area contributed by atoms with E-state index >= 15 is 0 Å².